The van der Waals surface area contributed by atoms with Gasteiger partial charge in [0, 0.05) is 0 Å². The minimum Gasteiger partial charge on any atom is -0.394 e. The molecule has 73 heavy (non-hydrogen) atoms. The van der Waals surface area contributed by atoms with Crippen LogP contribution in [0.5, 0.6) is 0 Å². The lowest BCUT2D eigenvalue weighted by molar-refractivity contribution is -0.0866. The third-order valence-corrected chi connectivity index (χ3v) is 16.3. The summed E-state index contributed by atoms with van der Waals surface area (Å²) in [6, 6.07) is 0. The highest BCUT2D eigenvalue weighted by Crippen LogP contribution is 2.34. The lowest BCUT2D eigenvalue weighted by Gasteiger charge is -2.31. The van der Waals surface area contributed by atoms with Gasteiger partial charge in [0.15, 0.2) is 0 Å². The Morgan fingerprint density at radius 3 is 0.699 bits per heavy atom. The van der Waals surface area contributed by atoms with Crippen LogP contribution in [0.4, 0.5) is 0 Å². The predicted molar refractivity (Wildman–Crippen MR) is 297 cm³/mol. The van der Waals surface area contributed by atoms with Crippen molar-refractivity contribution in [2.45, 2.75) is 363 Å². The van der Waals surface area contributed by atoms with Crippen molar-refractivity contribution in [1.82, 2.24) is 0 Å². The zero-order valence-electron chi connectivity index (χ0n) is 49.3. The van der Waals surface area contributed by atoms with Crippen molar-refractivity contribution in [3.8, 4) is 0 Å². The van der Waals surface area contributed by atoms with Crippen LogP contribution in [0, 0.1) is 0 Å². The van der Waals surface area contributed by atoms with Crippen LogP contribution in [-0.2, 0) is 0 Å². The Morgan fingerprint density at radius 1 is 0.315 bits per heavy atom. The van der Waals surface area contributed by atoms with Crippen molar-refractivity contribution < 1.29 is 66.4 Å². The zero-order valence-corrected chi connectivity index (χ0v) is 49.3. The molecule has 0 rings (SSSR count). The standard InChI is InChI=1S/C60H120O13/c1-48(26-15-46-60(13,73)49(62)47-61)25-14-28-51(4,64)30-17-32-53(6,66)34-19-36-55(8,68)38-21-40-57(10,70)42-23-44-59(12,72)45-24-43-58(11,71)41-22-39-56(9,69)37-20-35-54(7,67)33-18-31-52(5,65)29-16-27-50(2,3)63/h26,49,61-73H,14-25,27-47H2,1-13H3. The Morgan fingerprint density at radius 2 is 0.507 bits per heavy atom. The van der Waals surface area contributed by atoms with Crippen molar-refractivity contribution in [3.05, 3.63) is 11.6 Å². The Labute approximate surface area is 446 Å². The molecular formula is C60H120O13. The predicted octanol–water partition coefficient (Wildman–Crippen LogP) is 10.0. The Bertz CT molecular complexity index is 1490. The number of hydrogen-bond donors (Lipinski definition) is 13. The van der Waals surface area contributed by atoms with Gasteiger partial charge in [0.1, 0.15) is 6.10 Å². The average molecular weight is 1050 g/mol. The summed E-state index contributed by atoms with van der Waals surface area (Å²) >= 11 is 0. The molecule has 0 aliphatic heterocycles. The van der Waals surface area contributed by atoms with E-state index < -0.39 is 74.3 Å². The van der Waals surface area contributed by atoms with E-state index in [2.05, 4.69) is 0 Å². The van der Waals surface area contributed by atoms with Crippen LogP contribution in [0.1, 0.15) is 295 Å². The lowest BCUT2D eigenvalue weighted by atomic mass is 9.83. The number of aliphatic hydroxyl groups excluding tert-OH is 2. The molecule has 0 saturated carbocycles. The van der Waals surface area contributed by atoms with E-state index in [9.17, 15) is 61.3 Å². The van der Waals surface area contributed by atoms with E-state index in [0.717, 1.165) is 24.8 Å². The van der Waals surface area contributed by atoms with E-state index in [1.807, 2.05) is 75.3 Å². The third kappa shape index (κ3) is 39.3. The first-order valence-corrected chi connectivity index (χ1v) is 28.9. The molecule has 0 saturated heterocycles. The molecular weight excluding hydrogens is 929 g/mol. The fourth-order valence-corrected chi connectivity index (χ4v) is 10.7. The van der Waals surface area contributed by atoms with E-state index >= 15 is 0 Å². The van der Waals surface area contributed by atoms with Gasteiger partial charge in [-0.1, -0.05) is 11.6 Å². The van der Waals surface area contributed by atoms with Gasteiger partial charge in [0.2, 0.25) is 0 Å². The third-order valence-electron chi connectivity index (χ3n) is 16.3. The van der Waals surface area contributed by atoms with Crippen molar-refractivity contribution in [2.24, 2.45) is 0 Å². The second-order valence-electron chi connectivity index (χ2n) is 27.5. The fraction of sp³-hybridized carbons (Fsp3) is 0.967. The van der Waals surface area contributed by atoms with Gasteiger partial charge in [-0.15, -0.1) is 0 Å². The first-order chi connectivity index (χ1) is 32.9. The highest BCUT2D eigenvalue weighted by atomic mass is 16.4. The molecule has 0 amide bonds. The minimum atomic E-state index is -1.35. The van der Waals surface area contributed by atoms with E-state index in [1.54, 1.807) is 13.8 Å². The molecule has 0 aliphatic rings. The summed E-state index contributed by atoms with van der Waals surface area (Å²) in [7, 11) is 0. The van der Waals surface area contributed by atoms with Gasteiger partial charge >= 0.3 is 0 Å². The highest BCUT2D eigenvalue weighted by Gasteiger charge is 2.32. The van der Waals surface area contributed by atoms with Crippen LogP contribution < -0.4 is 0 Å². The molecule has 0 radical (unpaired) electrons. The fourth-order valence-electron chi connectivity index (χ4n) is 10.7. The summed E-state index contributed by atoms with van der Waals surface area (Å²) in [5.41, 5.74) is -9.09. The largest absolute Gasteiger partial charge is 0.394 e. The SMILES string of the molecule is CC(=CCCC(C)(O)C(O)CO)CCCC(C)(O)CCCC(C)(O)CCCC(C)(O)CCCC(C)(O)CCCC(C)(O)CCCC(C)(O)CCCC(C)(O)CCCC(C)(O)CCCC(C)(O)CCCC(C)(C)O. The van der Waals surface area contributed by atoms with Crippen molar-refractivity contribution in [3.63, 3.8) is 0 Å². The number of allylic oxidation sites excluding steroid dienone is 2. The maximum Gasteiger partial charge on any atom is 0.105 e. The first kappa shape index (κ1) is 72.2. The van der Waals surface area contributed by atoms with Crippen LogP contribution in [0.25, 0.3) is 0 Å². The van der Waals surface area contributed by atoms with E-state index in [0.29, 0.717) is 186 Å². The molecule has 0 aromatic carbocycles. The summed E-state index contributed by atoms with van der Waals surface area (Å²) in [6.07, 6.45) is 19.8. The number of rotatable bonds is 45. The monoisotopic (exact) mass is 1050 g/mol. The van der Waals surface area contributed by atoms with Crippen LogP contribution in [-0.4, -0.2) is 141 Å². The van der Waals surface area contributed by atoms with Crippen LogP contribution in [0.15, 0.2) is 11.6 Å². The molecule has 438 valence electrons. The Hall–Kier alpha value is -0.780. The van der Waals surface area contributed by atoms with Gasteiger partial charge in [-0.05, 0) is 295 Å². The summed E-state index contributed by atoms with van der Waals surface area (Å²) in [6.45, 7) is 22.9. The molecule has 0 heterocycles. The first-order valence-electron chi connectivity index (χ1n) is 28.9. The van der Waals surface area contributed by atoms with Crippen LogP contribution >= 0.6 is 0 Å². The number of hydrogen-bond acceptors (Lipinski definition) is 13. The maximum atomic E-state index is 11.2. The van der Waals surface area contributed by atoms with Gasteiger partial charge in [-0.2, -0.15) is 0 Å². The summed E-state index contributed by atoms with van der Waals surface area (Å²) in [5, 5.41) is 139. The molecule has 13 nitrogen and oxygen atoms in total. The van der Waals surface area contributed by atoms with E-state index in [4.69, 9.17) is 5.11 Å². The highest BCUT2D eigenvalue weighted by molar-refractivity contribution is 4.99. The second-order valence-corrected chi connectivity index (χ2v) is 27.5. The van der Waals surface area contributed by atoms with Gasteiger partial charge in [-0.25, -0.2) is 0 Å². The molecule has 13 heteroatoms. The van der Waals surface area contributed by atoms with Gasteiger partial charge in [0.25, 0.3) is 0 Å². The quantitative estimate of drug-likeness (QED) is 0.0254. The molecule has 0 bridgehead atoms. The summed E-state index contributed by atoms with van der Waals surface area (Å²) in [4.78, 5) is 0. The normalized spacial score (nSPS) is 21.8. The molecule has 0 aromatic heterocycles. The molecule has 0 aliphatic carbocycles. The summed E-state index contributed by atoms with van der Waals surface area (Å²) in [5.74, 6) is 0. The van der Waals surface area contributed by atoms with Gasteiger partial charge in [-0.3, -0.25) is 0 Å². The molecule has 13 N–H and O–H groups in total. The smallest absolute Gasteiger partial charge is 0.105 e. The maximum absolute atomic E-state index is 11.2. The Kier molecular flexibility index (Phi) is 31.4. The molecule has 11 atom stereocenters. The molecule has 0 aromatic rings. The van der Waals surface area contributed by atoms with E-state index in [1.165, 1.54) is 6.92 Å². The Balaban J connectivity index is 4.47. The van der Waals surface area contributed by atoms with E-state index in [-0.39, 0.29) is 0 Å². The zero-order chi connectivity index (χ0) is 56.7. The van der Waals surface area contributed by atoms with Crippen molar-refractivity contribution >= 4 is 0 Å². The van der Waals surface area contributed by atoms with Crippen LogP contribution in [0.2, 0.25) is 0 Å². The van der Waals surface area contributed by atoms with Crippen molar-refractivity contribution in [2.75, 3.05) is 6.61 Å². The minimum absolute atomic E-state index is 0.339. The molecule has 0 spiro atoms. The van der Waals surface area contributed by atoms with Gasteiger partial charge < -0.3 is 66.4 Å². The van der Waals surface area contributed by atoms with Gasteiger partial charge in [0.05, 0.1) is 68.2 Å². The molecule has 0 fully saturated rings. The second kappa shape index (κ2) is 31.7. The summed E-state index contributed by atoms with van der Waals surface area (Å²) < 4.78 is 0. The van der Waals surface area contributed by atoms with Crippen molar-refractivity contribution in [1.29, 1.82) is 0 Å². The number of aliphatic hydroxyl groups is 13. The molecule has 11 unspecified atom stereocenters. The van der Waals surface area contributed by atoms with Crippen LogP contribution in [0.3, 0.4) is 0 Å². The topological polar surface area (TPSA) is 263 Å². The average Bonchev–Trinajstić information content (AvgIpc) is 3.18. The lowest BCUT2D eigenvalue weighted by Crippen LogP contribution is -2.41.